The summed E-state index contributed by atoms with van der Waals surface area (Å²) < 4.78 is 5.14. The fraction of sp³-hybridized carbons (Fsp3) is 0.235. The van der Waals surface area contributed by atoms with Gasteiger partial charge in [0.15, 0.2) is 0 Å². The number of benzene rings is 1. The number of fused-ring (bicyclic) bond motifs is 1. The molecule has 2 heterocycles. The fourth-order valence-electron chi connectivity index (χ4n) is 2.38. The van der Waals surface area contributed by atoms with Crippen LogP contribution in [0.2, 0.25) is 0 Å². The van der Waals surface area contributed by atoms with Gasteiger partial charge in [-0.1, -0.05) is 23.9 Å². The van der Waals surface area contributed by atoms with Crippen molar-refractivity contribution in [3.05, 3.63) is 53.0 Å². The third-order valence-electron chi connectivity index (χ3n) is 3.42. The van der Waals surface area contributed by atoms with Crippen LogP contribution in [0.15, 0.2) is 35.4 Å². The highest BCUT2D eigenvalue weighted by molar-refractivity contribution is 7.98. The number of nitriles is 1. The van der Waals surface area contributed by atoms with Gasteiger partial charge in [0.05, 0.1) is 34.7 Å². The van der Waals surface area contributed by atoms with Crippen molar-refractivity contribution in [3.63, 3.8) is 0 Å². The van der Waals surface area contributed by atoms with E-state index in [0.717, 1.165) is 33.1 Å². The van der Waals surface area contributed by atoms with E-state index in [1.54, 1.807) is 7.11 Å². The molecule has 2 aromatic heterocycles. The van der Waals surface area contributed by atoms with Crippen LogP contribution in [-0.2, 0) is 17.1 Å². The van der Waals surface area contributed by atoms with Gasteiger partial charge in [0.1, 0.15) is 16.9 Å². The van der Waals surface area contributed by atoms with Gasteiger partial charge in [0.2, 0.25) is 0 Å². The van der Waals surface area contributed by atoms with E-state index < -0.39 is 0 Å². The molecule has 0 fully saturated rings. The topological polar surface area (TPSA) is 74.6 Å². The number of H-pyrrole nitrogens is 1. The zero-order valence-electron chi connectivity index (χ0n) is 13.0. The number of hydrogen-bond donors (Lipinski definition) is 1. The molecule has 6 heteroatoms. The van der Waals surface area contributed by atoms with Gasteiger partial charge in [0, 0.05) is 7.11 Å². The molecule has 5 nitrogen and oxygen atoms in total. The summed E-state index contributed by atoms with van der Waals surface area (Å²) in [4.78, 5) is 12.4. The Bertz CT molecular complexity index is 849. The van der Waals surface area contributed by atoms with Crippen LogP contribution in [0.5, 0.6) is 0 Å². The molecule has 0 spiro atoms. The number of pyridine rings is 1. The molecule has 116 valence electrons. The lowest BCUT2D eigenvalue weighted by molar-refractivity contribution is 0.181. The van der Waals surface area contributed by atoms with Gasteiger partial charge < -0.3 is 9.72 Å². The number of thioether (sulfide) groups is 1. The molecule has 0 unspecified atom stereocenters. The third kappa shape index (κ3) is 3.36. The molecule has 3 rings (SSSR count). The predicted octanol–water partition coefficient (Wildman–Crippen LogP) is 3.58. The number of aryl methyl sites for hydroxylation is 1. The van der Waals surface area contributed by atoms with Gasteiger partial charge in [0.25, 0.3) is 0 Å². The van der Waals surface area contributed by atoms with E-state index in [0.29, 0.717) is 17.9 Å². The molecule has 0 saturated carbocycles. The van der Waals surface area contributed by atoms with Crippen molar-refractivity contribution in [2.45, 2.75) is 24.3 Å². The molecule has 0 saturated heterocycles. The van der Waals surface area contributed by atoms with Crippen molar-refractivity contribution >= 4 is 22.8 Å². The standard InChI is InChI=1S/C17H16N4OS/c1-11-7-12(9-22-2)19-17(13(11)8-18)23-10-16-20-14-5-3-4-6-15(14)21-16/h3-7H,9-10H2,1-2H3,(H,20,21). The molecule has 3 aromatic rings. The van der Waals surface area contributed by atoms with Crippen LogP contribution >= 0.6 is 11.8 Å². The molecule has 0 aliphatic heterocycles. The van der Waals surface area contributed by atoms with Crippen molar-refractivity contribution in [3.8, 4) is 6.07 Å². The summed E-state index contributed by atoms with van der Waals surface area (Å²) in [5.74, 6) is 1.50. The summed E-state index contributed by atoms with van der Waals surface area (Å²) in [6.07, 6.45) is 0. The SMILES string of the molecule is COCc1cc(C)c(C#N)c(SCc2nc3ccccc3[nH]2)n1. The summed E-state index contributed by atoms with van der Waals surface area (Å²) in [6.45, 7) is 2.36. The van der Waals surface area contributed by atoms with Crippen molar-refractivity contribution in [1.29, 1.82) is 5.26 Å². The largest absolute Gasteiger partial charge is 0.378 e. The lowest BCUT2D eigenvalue weighted by Crippen LogP contribution is -1.99. The average Bonchev–Trinajstić information content (AvgIpc) is 2.96. The Labute approximate surface area is 138 Å². The smallest absolute Gasteiger partial charge is 0.117 e. The molecule has 0 amide bonds. The number of nitrogens with one attached hydrogen (secondary N) is 1. The lowest BCUT2D eigenvalue weighted by Gasteiger charge is -2.08. The van der Waals surface area contributed by atoms with Crippen molar-refractivity contribution in [1.82, 2.24) is 15.0 Å². The second kappa shape index (κ2) is 6.82. The summed E-state index contributed by atoms with van der Waals surface area (Å²) in [5, 5.41) is 10.1. The minimum atomic E-state index is 0.435. The Morgan fingerprint density at radius 1 is 1.30 bits per heavy atom. The van der Waals surface area contributed by atoms with E-state index in [4.69, 9.17) is 4.74 Å². The maximum absolute atomic E-state index is 9.37. The monoisotopic (exact) mass is 324 g/mol. The number of aromatic nitrogens is 3. The Morgan fingerprint density at radius 2 is 2.13 bits per heavy atom. The number of imidazole rings is 1. The highest BCUT2D eigenvalue weighted by atomic mass is 32.2. The first-order chi connectivity index (χ1) is 11.2. The van der Waals surface area contributed by atoms with Gasteiger partial charge in [-0.25, -0.2) is 9.97 Å². The molecule has 0 aliphatic carbocycles. The maximum Gasteiger partial charge on any atom is 0.117 e. The lowest BCUT2D eigenvalue weighted by atomic mass is 10.1. The number of hydrogen-bond acceptors (Lipinski definition) is 5. The molecule has 0 bridgehead atoms. The van der Waals surface area contributed by atoms with E-state index in [-0.39, 0.29) is 0 Å². The summed E-state index contributed by atoms with van der Waals surface area (Å²) in [7, 11) is 1.64. The van der Waals surface area contributed by atoms with Crippen LogP contribution in [-0.4, -0.2) is 22.1 Å². The highest BCUT2D eigenvalue weighted by Crippen LogP contribution is 2.27. The summed E-state index contributed by atoms with van der Waals surface area (Å²) in [6, 6.07) is 12.1. The van der Waals surface area contributed by atoms with Gasteiger partial charge in [-0.2, -0.15) is 5.26 Å². The minimum Gasteiger partial charge on any atom is -0.378 e. The predicted molar refractivity (Wildman–Crippen MR) is 90.1 cm³/mol. The van der Waals surface area contributed by atoms with Crippen LogP contribution in [0.4, 0.5) is 0 Å². The van der Waals surface area contributed by atoms with Gasteiger partial charge in [-0.3, -0.25) is 0 Å². The van der Waals surface area contributed by atoms with Crippen LogP contribution in [0.1, 0.15) is 22.6 Å². The second-order valence-electron chi connectivity index (χ2n) is 5.14. The van der Waals surface area contributed by atoms with Crippen LogP contribution < -0.4 is 0 Å². The van der Waals surface area contributed by atoms with Gasteiger partial charge >= 0.3 is 0 Å². The first-order valence-corrected chi connectivity index (χ1v) is 8.16. The second-order valence-corrected chi connectivity index (χ2v) is 6.11. The Morgan fingerprint density at radius 3 is 2.87 bits per heavy atom. The number of ether oxygens (including phenoxy) is 1. The van der Waals surface area contributed by atoms with Gasteiger partial charge in [-0.15, -0.1) is 0 Å². The molecule has 1 aromatic carbocycles. The van der Waals surface area contributed by atoms with E-state index in [1.165, 1.54) is 11.8 Å². The third-order valence-corrected chi connectivity index (χ3v) is 4.41. The molecular formula is C17H16N4OS. The molecule has 0 radical (unpaired) electrons. The molecule has 0 atom stereocenters. The zero-order chi connectivity index (χ0) is 16.2. The fourth-order valence-corrected chi connectivity index (χ4v) is 3.33. The molecule has 0 aliphatic rings. The number of nitrogens with zero attached hydrogens (tertiary/aromatic N) is 3. The van der Waals surface area contributed by atoms with Crippen LogP contribution in [0.25, 0.3) is 11.0 Å². The number of para-hydroxylation sites is 2. The van der Waals surface area contributed by atoms with E-state index >= 15 is 0 Å². The van der Waals surface area contributed by atoms with E-state index in [2.05, 4.69) is 21.0 Å². The molecule has 1 N–H and O–H groups in total. The Kier molecular flexibility index (Phi) is 4.60. The minimum absolute atomic E-state index is 0.435. The highest BCUT2D eigenvalue weighted by Gasteiger charge is 2.12. The van der Waals surface area contributed by atoms with E-state index in [1.807, 2.05) is 37.3 Å². The van der Waals surface area contributed by atoms with E-state index in [9.17, 15) is 5.26 Å². The normalized spacial score (nSPS) is 10.8. The first kappa shape index (κ1) is 15.5. The van der Waals surface area contributed by atoms with Crippen LogP contribution in [0.3, 0.4) is 0 Å². The maximum atomic E-state index is 9.37. The Balaban J connectivity index is 1.85. The van der Waals surface area contributed by atoms with Gasteiger partial charge in [-0.05, 0) is 30.7 Å². The first-order valence-electron chi connectivity index (χ1n) is 7.17. The van der Waals surface area contributed by atoms with Crippen molar-refractivity contribution < 1.29 is 4.74 Å². The zero-order valence-corrected chi connectivity index (χ0v) is 13.8. The number of rotatable bonds is 5. The quantitative estimate of drug-likeness (QED) is 0.726. The number of aromatic amines is 1. The number of methoxy groups -OCH3 is 1. The summed E-state index contributed by atoms with van der Waals surface area (Å²) in [5.41, 5.74) is 4.32. The summed E-state index contributed by atoms with van der Waals surface area (Å²) >= 11 is 1.51. The van der Waals surface area contributed by atoms with Crippen molar-refractivity contribution in [2.24, 2.45) is 0 Å². The molecule has 23 heavy (non-hydrogen) atoms. The molecular weight excluding hydrogens is 308 g/mol. The Hall–Kier alpha value is -2.36. The van der Waals surface area contributed by atoms with Crippen LogP contribution in [0, 0.1) is 18.3 Å². The van der Waals surface area contributed by atoms with Crippen molar-refractivity contribution in [2.75, 3.05) is 7.11 Å². The average molecular weight is 324 g/mol.